The summed E-state index contributed by atoms with van der Waals surface area (Å²) >= 11 is 0. The van der Waals surface area contributed by atoms with E-state index in [2.05, 4.69) is 5.32 Å². The van der Waals surface area contributed by atoms with Crippen molar-refractivity contribution in [3.63, 3.8) is 0 Å². The fourth-order valence-electron chi connectivity index (χ4n) is 1.98. The topological polar surface area (TPSA) is 69.6 Å². The van der Waals surface area contributed by atoms with E-state index in [-0.39, 0.29) is 11.0 Å². The molecule has 2 aromatic carbocycles. The van der Waals surface area contributed by atoms with Gasteiger partial charge in [0.2, 0.25) is 0 Å². The lowest BCUT2D eigenvalue weighted by atomic mass is 9.79. The Labute approximate surface area is 122 Å². The van der Waals surface area contributed by atoms with Gasteiger partial charge in [-0.05, 0) is 37.1 Å². The highest BCUT2D eigenvalue weighted by Gasteiger charge is 2.22. The summed E-state index contributed by atoms with van der Waals surface area (Å²) < 4.78 is 14.1. The maximum absolute atomic E-state index is 14.1. The Morgan fingerprint density at radius 3 is 2.57 bits per heavy atom. The Morgan fingerprint density at radius 1 is 1.19 bits per heavy atom. The Hall–Kier alpha value is -2.18. The number of halogens is 1. The van der Waals surface area contributed by atoms with E-state index in [0.717, 1.165) is 11.1 Å². The molecule has 0 aromatic heterocycles. The minimum atomic E-state index is -1.96. The second-order valence-electron chi connectivity index (χ2n) is 4.85. The molecule has 0 aliphatic carbocycles. The van der Waals surface area contributed by atoms with Crippen molar-refractivity contribution < 1.29 is 19.2 Å². The SMILES string of the molecule is Cc1ccc(C)c(NC(=O)c2cccc(B(O)O)c2F)c1. The minimum Gasteiger partial charge on any atom is -0.423 e. The van der Waals surface area contributed by atoms with Crippen LogP contribution in [0.5, 0.6) is 0 Å². The molecule has 0 bridgehead atoms. The van der Waals surface area contributed by atoms with E-state index in [1.807, 2.05) is 26.0 Å². The fourth-order valence-corrected chi connectivity index (χ4v) is 1.98. The van der Waals surface area contributed by atoms with E-state index in [4.69, 9.17) is 10.0 Å². The third-order valence-corrected chi connectivity index (χ3v) is 3.19. The summed E-state index contributed by atoms with van der Waals surface area (Å²) in [6.07, 6.45) is 0. The van der Waals surface area contributed by atoms with Crippen LogP contribution in [0.25, 0.3) is 0 Å². The summed E-state index contributed by atoms with van der Waals surface area (Å²) in [5.74, 6) is -1.57. The summed E-state index contributed by atoms with van der Waals surface area (Å²) in [5, 5.41) is 20.8. The molecule has 0 atom stereocenters. The van der Waals surface area contributed by atoms with Crippen molar-refractivity contribution in [1.29, 1.82) is 0 Å². The summed E-state index contributed by atoms with van der Waals surface area (Å²) in [7, 11) is -1.96. The number of carbonyl (C=O) groups excluding carboxylic acids is 1. The van der Waals surface area contributed by atoms with Gasteiger partial charge in [-0.3, -0.25) is 4.79 Å². The maximum atomic E-state index is 14.1. The Balaban J connectivity index is 2.33. The van der Waals surface area contributed by atoms with Gasteiger partial charge in [0.25, 0.3) is 5.91 Å². The van der Waals surface area contributed by atoms with Crippen LogP contribution >= 0.6 is 0 Å². The lowest BCUT2D eigenvalue weighted by Crippen LogP contribution is -2.34. The van der Waals surface area contributed by atoms with Crippen LogP contribution < -0.4 is 10.8 Å². The van der Waals surface area contributed by atoms with E-state index >= 15 is 0 Å². The molecular weight excluding hydrogens is 272 g/mol. The van der Waals surface area contributed by atoms with Crippen molar-refractivity contribution in [3.05, 3.63) is 58.9 Å². The fraction of sp³-hybridized carbons (Fsp3) is 0.133. The second-order valence-corrected chi connectivity index (χ2v) is 4.85. The number of carbonyl (C=O) groups is 1. The van der Waals surface area contributed by atoms with Crippen LogP contribution in [-0.4, -0.2) is 23.1 Å². The molecule has 0 aliphatic rings. The summed E-state index contributed by atoms with van der Waals surface area (Å²) in [4.78, 5) is 12.2. The van der Waals surface area contributed by atoms with Crippen molar-refractivity contribution >= 4 is 24.2 Å². The van der Waals surface area contributed by atoms with E-state index in [0.29, 0.717) is 5.69 Å². The number of anilines is 1. The molecule has 4 nitrogen and oxygen atoms in total. The van der Waals surface area contributed by atoms with Crippen molar-refractivity contribution in [2.24, 2.45) is 0 Å². The van der Waals surface area contributed by atoms with E-state index in [1.165, 1.54) is 18.2 Å². The van der Waals surface area contributed by atoms with Crippen LogP contribution in [0.2, 0.25) is 0 Å². The van der Waals surface area contributed by atoms with Gasteiger partial charge in [0.05, 0.1) is 5.56 Å². The maximum Gasteiger partial charge on any atom is 0.491 e. The van der Waals surface area contributed by atoms with E-state index < -0.39 is 18.8 Å². The van der Waals surface area contributed by atoms with E-state index in [1.54, 1.807) is 6.07 Å². The van der Waals surface area contributed by atoms with Crippen LogP contribution in [0.3, 0.4) is 0 Å². The van der Waals surface area contributed by atoms with Crippen molar-refractivity contribution in [2.45, 2.75) is 13.8 Å². The standard InChI is InChI=1S/C15H15BFNO3/c1-9-6-7-10(2)13(8-9)18-15(19)11-4-3-5-12(14(11)17)16(20)21/h3-8,20-21H,1-2H3,(H,18,19). The molecule has 0 aliphatic heterocycles. The third kappa shape index (κ3) is 3.29. The van der Waals surface area contributed by atoms with Crippen LogP contribution in [0.1, 0.15) is 21.5 Å². The zero-order valence-corrected chi connectivity index (χ0v) is 11.7. The normalized spacial score (nSPS) is 10.3. The lowest BCUT2D eigenvalue weighted by molar-refractivity contribution is 0.102. The molecule has 21 heavy (non-hydrogen) atoms. The number of benzene rings is 2. The van der Waals surface area contributed by atoms with Gasteiger partial charge < -0.3 is 15.4 Å². The minimum absolute atomic E-state index is 0.235. The molecule has 108 valence electrons. The molecule has 0 heterocycles. The zero-order valence-electron chi connectivity index (χ0n) is 11.7. The zero-order chi connectivity index (χ0) is 15.6. The second kappa shape index (κ2) is 6.07. The lowest BCUT2D eigenvalue weighted by Gasteiger charge is -2.11. The van der Waals surface area contributed by atoms with Gasteiger partial charge in [0, 0.05) is 11.2 Å². The molecule has 0 saturated carbocycles. The van der Waals surface area contributed by atoms with Crippen LogP contribution in [-0.2, 0) is 0 Å². The van der Waals surface area contributed by atoms with Crippen molar-refractivity contribution in [3.8, 4) is 0 Å². The Kier molecular flexibility index (Phi) is 4.40. The first kappa shape index (κ1) is 15.2. The van der Waals surface area contributed by atoms with Crippen LogP contribution in [0.15, 0.2) is 36.4 Å². The number of hydrogen-bond donors (Lipinski definition) is 3. The van der Waals surface area contributed by atoms with Crippen LogP contribution in [0, 0.1) is 19.7 Å². The highest BCUT2D eigenvalue weighted by molar-refractivity contribution is 6.58. The Bertz CT molecular complexity index is 689. The number of rotatable bonds is 3. The molecule has 0 unspecified atom stereocenters. The first-order valence-electron chi connectivity index (χ1n) is 6.43. The molecule has 2 rings (SSSR count). The Morgan fingerprint density at radius 2 is 1.90 bits per heavy atom. The van der Waals surface area contributed by atoms with Gasteiger partial charge in [-0.1, -0.05) is 24.3 Å². The first-order valence-corrected chi connectivity index (χ1v) is 6.43. The van der Waals surface area contributed by atoms with Gasteiger partial charge in [0.1, 0.15) is 5.82 Å². The van der Waals surface area contributed by atoms with E-state index in [9.17, 15) is 9.18 Å². The molecule has 1 amide bonds. The number of hydrogen-bond acceptors (Lipinski definition) is 3. The molecule has 0 saturated heterocycles. The van der Waals surface area contributed by atoms with Crippen LogP contribution in [0.4, 0.5) is 10.1 Å². The monoisotopic (exact) mass is 287 g/mol. The summed E-state index contributed by atoms with van der Waals surface area (Å²) in [5.41, 5.74) is 1.85. The number of nitrogens with one attached hydrogen (secondary N) is 1. The van der Waals surface area contributed by atoms with Gasteiger partial charge in [-0.2, -0.15) is 0 Å². The average molecular weight is 287 g/mol. The largest absolute Gasteiger partial charge is 0.491 e. The first-order chi connectivity index (χ1) is 9.90. The molecule has 3 N–H and O–H groups in total. The molecule has 2 aromatic rings. The highest BCUT2D eigenvalue weighted by atomic mass is 19.1. The van der Waals surface area contributed by atoms with Crippen molar-refractivity contribution in [1.82, 2.24) is 0 Å². The van der Waals surface area contributed by atoms with Gasteiger partial charge in [-0.15, -0.1) is 0 Å². The average Bonchev–Trinajstić information content (AvgIpc) is 2.42. The van der Waals surface area contributed by atoms with Gasteiger partial charge >= 0.3 is 7.12 Å². The molecule has 0 spiro atoms. The van der Waals surface area contributed by atoms with Crippen molar-refractivity contribution in [2.75, 3.05) is 5.32 Å². The molecule has 0 fully saturated rings. The summed E-state index contributed by atoms with van der Waals surface area (Å²) in [6, 6.07) is 9.46. The summed E-state index contributed by atoms with van der Waals surface area (Å²) in [6.45, 7) is 3.72. The van der Waals surface area contributed by atoms with Gasteiger partial charge in [-0.25, -0.2) is 4.39 Å². The molecule has 0 radical (unpaired) electrons. The smallest absolute Gasteiger partial charge is 0.423 e. The predicted molar refractivity (Wildman–Crippen MR) is 80.1 cm³/mol. The predicted octanol–water partition coefficient (Wildman–Crippen LogP) is 1.37. The third-order valence-electron chi connectivity index (χ3n) is 3.19. The molecular formula is C15H15BFNO3. The van der Waals surface area contributed by atoms with Gasteiger partial charge in [0.15, 0.2) is 0 Å². The number of amides is 1. The number of aryl methyl sites for hydroxylation is 2. The highest BCUT2D eigenvalue weighted by Crippen LogP contribution is 2.18. The quantitative estimate of drug-likeness (QED) is 0.747. The molecule has 6 heteroatoms.